The van der Waals surface area contributed by atoms with Gasteiger partial charge in [-0.05, 0) is 24.9 Å². The number of carbonyl (C=O) groups excluding carboxylic acids is 1. The Labute approximate surface area is 196 Å². The quantitative estimate of drug-likeness (QED) is 0.239. The topological polar surface area (TPSA) is 78.2 Å². The summed E-state index contributed by atoms with van der Waals surface area (Å²) in [7, 11) is 5.48. The molecule has 2 fully saturated rings. The molecule has 0 radical (unpaired) electrons. The number of hydrogen-bond acceptors (Lipinski definition) is 5. The summed E-state index contributed by atoms with van der Waals surface area (Å²) < 4.78 is 7.26. The maximum absolute atomic E-state index is 12.0. The standard InChI is InChI=1S/C20H35N7O2.HI/c1-24(2)19(28)14-22-20(21-6-4-7-26-9-11-29-12-10-26)27-8-5-17(16-27)18-13-23-25(3)15-18;/h13,15,17H,4-12,14,16H2,1-3H3,(H,21,22);1H. The summed E-state index contributed by atoms with van der Waals surface area (Å²) in [6.45, 7) is 7.59. The molecule has 3 heterocycles. The van der Waals surface area contributed by atoms with Gasteiger partial charge in [0.25, 0.3) is 0 Å². The van der Waals surface area contributed by atoms with Crippen molar-refractivity contribution in [1.82, 2.24) is 29.8 Å². The van der Waals surface area contributed by atoms with Crippen molar-refractivity contribution >= 4 is 35.8 Å². The second kappa shape index (κ2) is 12.5. The number of guanidine groups is 1. The highest BCUT2D eigenvalue weighted by molar-refractivity contribution is 14.0. The molecule has 1 aromatic heterocycles. The van der Waals surface area contributed by atoms with Crippen LogP contribution in [-0.4, -0.2) is 109 Å². The van der Waals surface area contributed by atoms with E-state index in [2.05, 4.69) is 31.4 Å². The number of ether oxygens (including phenoxy) is 1. The van der Waals surface area contributed by atoms with Gasteiger partial charge in [-0.3, -0.25) is 14.4 Å². The molecule has 1 aromatic rings. The van der Waals surface area contributed by atoms with Crippen LogP contribution in [0.4, 0.5) is 0 Å². The molecule has 1 amide bonds. The molecule has 1 atom stereocenters. The minimum Gasteiger partial charge on any atom is -0.379 e. The summed E-state index contributed by atoms with van der Waals surface area (Å²) in [6.07, 6.45) is 6.16. The lowest BCUT2D eigenvalue weighted by atomic mass is 10.0. The minimum atomic E-state index is 0. The minimum absolute atomic E-state index is 0. The number of nitrogens with zero attached hydrogens (tertiary/aromatic N) is 6. The molecular formula is C20H36IN7O2. The highest BCUT2D eigenvalue weighted by atomic mass is 127. The van der Waals surface area contributed by atoms with Crippen LogP contribution < -0.4 is 5.32 Å². The van der Waals surface area contributed by atoms with Gasteiger partial charge in [0.1, 0.15) is 6.54 Å². The average molecular weight is 533 g/mol. The Hall–Kier alpha value is -1.40. The van der Waals surface area contributed by atoms with Crippen LogP contribution in [0.3, 0.4) is 0 Å². The van der Waals surface area contributed by atoms with E-state index in [1.165, 1.54) is 5.56 Å². The smallest absolute Gasteiger partial charge is 0.243 e. The van der Waals surface area contributed by atoms with Crippen LogP contribution >= 0.6 is 24.0 Å². The first-order valence-corrected chi connectivity index (χ1v) is 10.5. The summed E-state index contributed by atoms with van der Waals surface area (Å²) in [6, 6.07) is 0. The van der Waals surface area contributed by atoms with Crippen molar-refractivity contribution in [2.75, 3.05) is 73.1 Å². The zero-order valence-electron chi connectivity index (χ0n) is 18.4. The summed E-state index contributed by atoms with van der Waals surface area (Å²) in [4.78, 5) is 23.0. The molecule has 9 nitrogen and oxygen atoms in total. The molecular weight excluding hydrogens is 497 g/mol. The average Bonchev–Trinajstić information content (AvgIpc) is 3.37. The second-order valence-corrected chi connectivity index (χ2v) is 8.04. The predicted octanol–water partition coefficient (Wildman–Crippen LogP) is 0.584. The molecule has 30 heavy (non-hydrogen) atoms. The molecule has 1 unspecified atom stereocenters. The number of morpholine rings is 1. The molecule has 1 N–H and O–H groups in total. The molecule has 0 aliphatic carbocycles. The molecule has 0 saturated carbocycles. The number of aromatic nitrogens is 2. The molecule has 0 spiro atoms. The lowest BCUT2D eigenvalue weighted by molar-refractivity contribution is -0.127. The first kappa shape index (κ1) is 24.9. The largest absolute Gasteiger partial charge is 0.379 e. The maximum atomic E-state index is 12.0. The van der Waals surface area contributed by atoms with Crippen molar-refractivity contribution in [3.63, 3.8) is 0 Å². The van der Waals surface area contributed by atoms with E-state index in [0.29, 0.717) is 5.92 Å². The van der Waals surface area contributed by atoms with Gasteiger partial charge in [-0.25, -0.2) is 4.99 Å². The van der Waals surface area contributed by atoms with E-state index in [4.69, 9.17) is 4.74 Å². The third-order valence-electron chi connectivity index (χ3n) is 5.58. The predicted molar refractivity (Wildman–Crippen MR) is 128 cm³/mol. The highest BCUT2D eigenvalue weighted by Crippen LogP contribution is 2.26. The summed E-state index contributed by atoms with van der Waals surface area (Å²) >= 11 is 0. The Morgan fingerprint density at radius 2 is 2.10 bits per heavy atom. The number of nitrogens with one attached hydrogen (secondary N) is 1. The Morgan fingerprint density at radius 3 is 2.77 bits per heavy atom. The molecule has 10 heteroatoms. The van der Waals surface area contributed by atoms with Crippen molar-refractivity contribution in [2.45, 2.75) is 18.8 Å². The van der Waals surface area contributed by atoms with E-state index in [-0.39, 0.29) is 36.4 Å². The van der Waals surface area contributed by atoms with Crippen LogP contribution in [0.15, 0.2) is 17.4 Å². The number of hydrogen-bond donors (Lipinski definition) is 1. The molecule has 2 aliphatic rings. The fraction of sp³-hybridized carbons (Fsp3) is 0.750. The summed E-state index contributed by atoms with van der Waals surface area (Å²) in [5.74, 6) is 1.31. The maximum Gasteiger partial charge on any atom is 0.243 e. The van der Waals surface area contributed by atoms with Crippen LogP contribution in [0, 0.1) is 0 Å². The number of likely N-dealkylation sites (tertiary alicyclic amines) is 1. The van der Waals surface area contributed by atoms with Crippen LogP contribution in [0.2, 0.25) is 0 Å². The lowest BCUT2D eigenvalue weighted by Gasteiger charge is -2.27. The van der Waals surface area contributed by atoms with Gasteiger partial charge in [0.2, 0.25) is 5.91 Å². The number of likely N-dealkylation sites (N-methyl/N-ethyl adjacent to an activating group) is 1. The van der Waals surface area contributed by atoms with Gasteiger partial charge in [-0.1, -0.05) is 0 Å². The molecule has 0 bridgehead atoms. The van der Waals surface area contributed by atoms with E-state index in [0.717, 1.165) is 71.3 Å². The summed E-state index contributed by atoms with van der Waals surface area (Å²) in [5.41, 5.74) is 1.27. The molecule has 3 rings (SSSR count). The van der Waals surface area contributed by atoms with Gasteiger partial charge < -0.3 is 19.9 Å². The number of rotatable bonds is 7. The van der Waals surface area contributed by atoms with E-state index >= 15 is 0 Å². The van der Waals surface area contributed by atoms with Gasteiger partial charge >= 0.3 is 0 Å². The van der Waals surface area contributed by atoms with Gasteiger partial charge in [-0.15, -0.1) is 24.0 Å². The third kappa shape index (κ3) is 7.38. The fourth-order valence-corrected chi connectivity index (χ4v) is 3.75. The first-order valence-electron chi connectivity index (χ1n) is 10.5. The fourth-order valence-electron chi connectivity index (χ4n) is 3.75. The Bertz CT molecular complexity index is 688. The molecule has 2 saturated heterocycles. The lowest BCUT2D eigenvalue weighted by Crippen LogP contribution is -2.42. The Kier molecular flexibility index (Phi) is 10.3. The van der Waals surface area contributed by atoms with Gasteiger partial charge in [0.15, 0.2) is 5.96 Å². The van der Waals surface area contributed by atoms with Gasteiger partial charge in [0.05, 0.1) is 19.4 Å². The number of carbonyl (C=O) groups is 1. The Morgan fingerprint density at radius 1 is 1.33 bits per heavy atom. The monoisotopic (exact) mass is 533 g/mol. The SMILES string of the molecule is CN(C)C(=O)CN=C(NCCCN1CCOCC1)N1CCC(c2cnn(C)c2)C1.I. The van der Waals surface area contributed by atoms with Crippen molar-refractivity contribution < 1.29 is 9.53 Å². The zero-order chi connectivity index (χ0) is 20.6. The number of amides is 1. The van der Waals surface area contributed by atoms with Crippen LogP contribution in [0.5, 0.6) is 0 Å². The number of halogens is 1. The van der Waals surface area contributed by atoms with E-state index in [1.54, 1.807) is 19.0 Å². The molecule has 0 aromatic carbocycles. The second-order valence-electron chi connectivity index (χ2n) is 8.04. The third-order valence-corrected chi connectivity index (χ3v) is 5.58. The molecule has 2 aliphatic heterocycles. The number of aryl methyl sites for hydroxylation is 1. The van der Waals surface area contributed by atoms with Crippen LogP contribution in [-0.2, 0) is 16.6 Å². The zero-order valence-corrected chi connectivity index (χ0v) is 20.7. The first-order chi connectivity index (χ1) is 14.0. The van der Waals surface area contributed by atoms with E-state index < -0.39 is 0 Å². The van der Waals surface area contributed by atoms with Crippen molar-refractivity contribution in [1.29, 1.82) is 0 Å². The normalized spacial score (nSPS) is 20.2. The number of aliphatic imine (C=N–C) groups is 1. The highest BCUT2D eigenvalue weighted by Gasteiger charge is 2.27. The summed E-state index contributed by atoms with van der Waals surface area (Å²) in [5, 5.41) is 7.80. The Balaban J connectivity index is 0.00000320. The van der Waals surface area contributed by atoms with Gasteiger partial charge in [-0.2, -0.15) is 5.10 Å². The van der Waals surface area contributed by atoms with Crippen molar-refractivity contribution in [2.24, 2.45) is 12.0 Å². The van der Waals surface area contributed by atoms with Crippen molar-refractivity contribution in [3.05, 3.63) is 18.0 Å². The van der Waals surface area contributed by atoms with Crippen LogP contribution in [0.25, 0.3) is 0 Å². The van der Waals surface area contributed by atoms with Gasteiger partial charge in [0, 0.05) is 66.0 Å². The van der Waals surface area contributed by atoms with E-state index in [1.807, 2.05) is 17.9 Å². The van der Waals surface area contributed by atoms with E-state index in [9.17, 15) is 4.79 Å². The van der Waals surface area contributed by atoms with Crippen LogP contribution in [0.1, 0.15) is 24.3 Å². The van der Waals surface area contributed by atoms with Crippen molar-refractivity contribution in [3.8, 4) is 0 Å². The molecule has 170 valence electrons.